The Morgan fingerprint density at radius 1 is 1.18 bits per heavy atom. The molecule has 4 nitrogen and oxygen atoms in total. The molecule has 1 aromatic carbocycles. The van der Waals surface area contributed by atoms with E-state index in [1.54, 1.807) is 6.20 Å². The Labute approximate surface area is 132 Å². The Kier molecular flexibility index (Phi) is 5.95. The van der Waals surface area contributed by atoms with Gasteiger partial charge >= 0.3 is 0 Å². The number of nitrogens with one attached hydrogen (secondary N) is 2. The molecule has 2 aromatic rings. The van der Waals surface area contributed by atoms with E-state index in [0.717, 1.165) is 18.5 Å². The summed E-state index contributed by atoms with van der Waals surface area (Å²) >= 11 is 0. The average Bonchev–Trinajstić information content (AvgIpc) is 2.55. The van der Waals surface area contributed by atoms with Crippen LogP contribution in [-0.2, 0) is 4.79 Å². The Morgan fingerprint density at radius 2 is 1.95 bits per heavy atom. The molecule has 0 radical (unpaired) electrons. The molecule has 1 heterocycles. The van der Waals surface area contributed by atoms with Crippen LogP contribution in [-0.4, -0.2) is 10.9 Å². The fourth-order valence-electron chi connectivity index (χ4n) is 2.17. The molecule has 22 heavy (non-hydrogen) atoms. The number of aromatic nitrogens is 1. The van der Waals surface area contributed by atoms with E-state index >= 15 is 0 Å². The zero-order chi connectivity index (χ0) is 15.8. The van der Waals surface area contributed by atoms with Crippen molar-refractivity contribution in [1.29, 1.82) is 0 Å². The van der Waals surface area contributed by atoms with Crippen molar-refractivity contribution >= 4 is 17.4 Å². The van der Waals surface area contributed by atoms with Crippen LogP contribution in [0.15, 0.2) is 48.7 Å². The highest BCUT2D eigenvalue weighted by molar-refractivity contribution is 5.89. The number of unbranched alkanes of at least 4 members (excludes halogenated alkanes) is 1. The summed E-state index contributed by atoms with van der Waals surface area (Å²) in [6.07, 6.45) is 4.21. The van der Waals surface area contributed by atoms with Crippen molar-refractivity contribution in [1.82, 2.24) is 4.98 Å². The van der Waals surface area contributed by atoms with E-state index in [1.807, 2.05) is 30.3 Å². The predicted molar refractivity (Wildman–Crippen MR) is 90.9 cm³/mol. The SMILES string of the molecule is CCCCC(=O)Nc1ccc(NC(C)c2ccccc2)cn1. The summed E-state index contributed by atoms with van der Waals surface area (Å²) in [6.45, 7) is 4.18. The summed E-state index contributed by atoms with van der Waals surface area (Å²) in [7, 11) is 0. The quantitative estimate of drug-likeness (QED) is 0.797. The first kappa shape index (κ1) is 16.0. The number of rotatable bonds is 7. The smallest absolute Gasteiger partial charge is 0.225 e. The first-order valence-corrected chi connectivity index (χ1v) is 7.76. The lowest BCUT2D eigenvalue weighted by Gasteiger charge is -2.15. The minimum Gasteiger partial charge on any atom is -0.377 e. The van der Waals surface area contributed by atoms with Crippen LogP contribution in [0.5, 0.6) is 0 Å². The van der Waals surface area contributed by atoms with Crippen molar-refractivity contribution in [2.75, 3.05) is 10.6 Å². The molecule has 2 N–H and O–H groups in total. The van der Waals surface area contributed by atoms with Crippen molar-refractivity contribution in [3.8, 4) is 0 Å². The maximum Gasteiger partial charge on any atom is 0.225 e. The van der Waals surface area contributed by atoms with Gasteiger partial charge < -0.3 is 10.6 Å². The third kappa shape index (κ3) is 4.88. The van der Waals surface area contributed by atoms with Crippen molar-refractivity contribution in [3.05, 3.63) is 54.2 Å². The lowest BCUT2D eigenvalue weighted by Crippen LogP contribution is -2.12. The molecular formula is C18H23N3O. The molecule has 0 aliphatic heterocycles. The van der Waals surface area contributed by atoms with E-state index in [9.17, 15) is 4.79 Å². The molecule has 0 aliphatic carbocycles. The van der Waals surface area contributed by atoms with Crippen LogP contribution >= 0.6 is 0 Å². The highest BCUT2D eigenvalue weighted by Gasteiger charge is 2.06. The molecule has 1 aromatic heterocycles. The molecule has 0 fully saturated rings. The molecule has 0 bridgehead atoms. The molecule has 116 valence electrons. The van der Waals surface area contributed by atoms with Gasteiger partial charge in [-0.25, -0.2) is 4.98 Å². The van der Waals surface area contributed by atoms with Crippen LogP contribution in [0.1, 0.15) is 44.7 Å². The first-order chi connectivity index (χ1) is 10.7. The summed E-state index contributed by atoms with van der Waals surface area (Å²) < 4.78 is 0. The number of nitrogens with zero attached hydrogens (tertiary/aromatic N) is 1. The van der Waals surface area contributed by atoms with E-state index in [1.165, 1.54) is 5.56 Å². The standard InChI is InChI=1S/C18H23N3O/c1-3-4-10-18(22)21-17-12-11-16(13-19-17)20-14(2)15-8-6-5-7-9-15/h5-9,11-14,20H,3-4,10H2,1-2H3,(H,19,21,22). The minimum absolute atomic E-state index is 0.0210. The summed E-state index contributed by atoms with van der Waals surface area (Å²) in [5.41, 5.74) is 2.15. The van der Waals surface area contributed by atoms with E-state index < -0.39 is 0 Å². The van der Waals surface area contributed by atoms with Gasteiger partial charge in [0.1, 0.15) is 5.82 Å². The van der Waals surface area contributed by atoms with Gasteiger partial charge in [-0.05, 0) is 31.0 Å². The number of hydrogen-bond donors (Lipinski definition) is 2. The van der Waals surface area contributed by atoms with Crippen LogP contribution in [0.3, 0.4) is 0 Å². The third-order valence-electron chi connectivity index (χ3n) is 3.47. The summed E-state index contributed by atoms with van der Waals surface area (Å²) in [5.74, 6) is 0.617. The summed E-state index contributed by atoms with van der Waals surface area (Å²) in [6, 6.07) is 14.2. The van der Waals surface area contributed by atoms with Gasteiger partial charge in [-0.3, -0.25) is 4.79 Å². The topological polar surface area (TPSA) is 54.0 Å². The lowest BCUT2D eigenvalue weighted by atomic mass is 10.1. The van der Waals surface area contributed by atoms with Crippen LogP contribution in [0, 0.1) is 0 Å². The van der Waals surface area contributed by atoms with Crippen molar-refractivity contribution in [2.45, 2.75) is 39.2 Å². The second kappa shape index (κ2) is 8.17. The summed E-state index contributed by atoms with van der Waals surface area (Å²) in [4.78, 5) is 15.9. The largest absolute Gasteiger partial charge is 0.377 e. The lowest BCUT2D eigenvalue weighted by molar-refractivity contribution is -0.116. The van der Waals surface area contributed by atoms with Gasteiger partial charge in [-0.2, -0.15) is 0 Å². The molecule has 0 aliphatic rings. The Morgan fingerprint density at radius 3 is 2.59 bits per heavy atom. The fourth-order valence-corrected chi connectivity index (χ4v) is 2.17. The molecule has 2 rings (SSSR count). The van der Waals surface area contributed by atoms with Gasteiger partial charge in [0, 0.05) is 12.5 Å². The van der Waals surface area contributed by atoms with Gasteiger partial charge in [-0.15, -0.1) is 0 Å². The molecule has 0 saturated carbocycles. The minimum atomic E-state index is 0.0210. The Bertz CT molecular complexity index is 581. The van der Waals surface area contributed by atoms with Crippen LogP contribution in [0.2, 0.25) is 0 Å². The van der Waals surface area contributed by atoms with Gasteiger partial charge in [-0.1, -0.05) is 43.7 Å². The van der Waals surface area contributed by atoms with E-state index in [0.29, 0.717) is 12.2 Å². The van der Waals surface area contributed by atoms with E-state index in [4.69, 9.17) is 0 Å². The first-order valence-electron chi connectivity index (χ1n) is 7.76. The molecule has 1 atom stereocenters. The number of carbonyl (C=O) groups is 1. The van der Waals surface area contributed by atoms with Crippen LogP contribution in [0.25, 0.3) is 0 Å². The molecule has 1 amide bonds. The molecule has 4 heteroatoms. The number of amides is 1. The summed E-state index contributed by atoms with van der Waals surface area (Å²) in [5, 5.41) is 6.21. The zero-order valence-electron chi connectivity index (χ0n) is 13.2. The Balaban J connectivity index is 1.90. The van der Waals surface area contributed by atoms with Crippen molar-refractivity contribution in [2.24, 2.45) is 0 Å². The highest BCUT2D eigenvalue weighted by Crippen LogP contribution is 2.19. The number of carbonyl (C=O) groups excluding carboxylic acids is 1. The monoisotopic (exact) mass is 297 g/mol. The fraction of sp³-hybridized carbons (Fsp3) is 0.333. The molecular weight excluding hydrogens is 274 g/mol. The molecule has 1 unspecified atom stereocenters. The predicted octanol–water partition coefficient (Wildman–Crippen LogP) is 4.38. The van der Waals surface area contributed by atoms with Gasteiger partial charge in [0.25, 0.3) is 0 Å². The highest BCUT2D eigenvalue weighted by atomic mass is 16.1. The molecule has 0 saturated heterocycles. The van der Waals surface area contributed by atoms with Crippen LogP contribution in [0.4, 0.5) is 11.5 Å². The second-order valence-corrected chi connectivity index (χ2v) is 5.36. The average molecular weight is 297 g/mol. The van der Waals surface area contributed by atoms with Crippen molar-refractivity contribution < 1.29 is 4.79 Å². The van der Waals surface area contributed by atoms with E-state index in [-0.39, 0.29) is 11.9 Å². The van der Waals surface area contributed by atoms with Gasteiger partial charge in [0.05, 0.1) is 11.9 Å². The van der Waals surface area contributed by atoms with Gasteiger partial charge in [0.2, 0.25) is 5.91 Å². The van der Waals surface area contributed by atoms with Crippen LogP contribution < -0.4 is 10.6 Å². The Hall–Kier alpha value is -2.36. The third-order valence-corrected chi connectivity index (χ3v) is 3.47. The number of hydrogen-bond acceptors (Lipinski definition) is 3. The zero-order valence-corrected chi connectivity index (χ0v) is 13.2. The number of benzene rings is 1. The normalized spacial score (nSPS) is 11.7. The van der Waals surface area contributed by atoms with E-state index in [2.05, 4.69) is 41.6 Å². The van der Waals surface area contributed by atoms with Gasteiger partial charge in [0.15, 0.2) is 0 Å². The van der Waals surface area contributed by atoms with Crippen molar-refractivity contribution in [3.63, 3.8) is 0 Å². The maximum atomic E-state index is 11.7. The number of pyridine rings is 1. The molecule has 0 spiro atoms. The maximum absolute atomic E-state index is 11.7. The number of anilines is 2. The second-order valence-electron chi connectivity index (χ2n) is 5.36.